The standard InChI is InChI=1S/C13H27N3/c1-3-13(2,14)11-16-8-6-15(7-9-16)10-12-4-5-12/h12H,3-11,14H2,1-2H3. The summed E-state index contributed by atoms with van der Waals surface area (Å²) < 4.78 is 0. The molecule has 0 aromatic carbocycles. The van der Waals surface area contributed by atoms with Gasteiger partial charge in [-0.3, -0.25) is 4.90 Å². The van der Waals surface area contributed by atoms with E-state index >= 15 is 0 Å². The predicted molar refractivity (Wildman–Crippen MR) is 68.5 cm³/mol. The van der Waals surface area contributed by atoms with Gasteiger partial charge in [0.25, 0.3) is 0 Å². The summed E-state index contributed by atoms with van der Waals surface area (Å²) in [6, 6.07) is 0. The minimum Gasteiger partial charge on any atom is -0.324 e. The first-order chi connectivity index (χ1) is 7.59. The third kappa shape index (κ3) is 3.72. The van der Waals surface area contributed by atoms with Crippen LogP contribution >= 0.6 is 0 Å². The molecule has 94 valence electrons. The number of nitrogens with two attached hydrogens (primary N) is 1. The van der Waals surface area contributed by atoms with E-state index in [0.717, 1.165) is 18.9 Å². The second-order valence-electron chi connectivity index (χ2n) is 6.03. The normalized spacial score (nSPS) is 27.9. The van der Waals surface area contributed by atoms with E-state index in [1.54, 1.807) is 0 Å². The summed E-state index contributed by atoms with van der Waals surface area (Å²) in [6.07, 6.45) is 4.00. The molecule has 3 heteroatoms. The minimum atomic E-state index is -0.00133. The van der Waals surface area contributed by atoms with Crippen LogP contribution in [0.25, 0.3) is 0 Å². The van der Waals surface area contributed by atoms with Crippen molar-refractivity contribution in [3.05, 3.63) is 0 Å². The van der Waals surface area contributed by atoms with Crippen molar-refractivity contribution in [1.29, 1.82) is 0 Å². The van der Waals surface area contributed by atoms with Gasteiger partial charge in [0.15, 0.2) is 0 Å². The van der Waals surface area contributed by atoms with Crippen LogP contribution in [0.4, 0.5) is 0 Å². The quantitative estimate of drug-likeness (QED) is 0.761. The van der Waals surface area contributed by atoms with Crippen molar-refractivity contribution in [1.82, 2.24) is 9.80 Å². The topological polar surface area (TPSA) is 32.5 Å². The van der Waals surface area contributed by atoms with Gasteiger partial charge in [-0.25, -0.2) is 0 Å². The molecule has 2 N–H and O–H groups in total. The lowest BCUT2D eigenvalue weighted by atomic mass is 9.99. The molecule has 0 aromatic rings. The smallest absolute Gasteiger partial charge is 0.0252 e. The van der Waals surface area contributed by atoms with E-state index in [4.69, 9.17) is 5.73 Å². The Morgan fingerprint density at radius 2 is 1.69 bits per heavy atom. The zero-order valence-corrected chi connectivity index (χ0v) is 10.9. The van der Waals surface area contributed by atoms with Crippen LogP contribution in [0.15, 0.2) is 0 Å². The molecule has 1 atom stereocenters. The van der Waals surface area contributed by atoms with E-state index in [-0.39, 0.29) is 5.54 Å². The van der Waals surface area contributed by atoms with E-state index in [1.165, 1.54) is 45.6 Å². The van der Waals surface area contributed by atoms with Crippen molar-refractivity contribution in [2.24, 2.45) is 11.7 Å². The molecule has 0 spiro atoms. The molecule has 0 bridgehead atoms. The van der Waals surface area contributed by atoms with E-state index in [0.29, 0.717) is 0 Å². The lowest BCUT2D eigenvalue weighted by Gasteiger charge is -2.38. The molecule has 2 fully saturated rings. The first-order valence-electron chi connectivity index (χ1n) is 6.83. The number of nitrogens with zero attached hydrogens (tertiary/aromatic N) is 2. The Hall–Kier alpha value is -0.120. The molecule has 0 amide bonds. The molecule has 0 aromatic heterocycles. The van der Waals surface area contributed by atoms with Crippen LogP contribution in [0, 0.1) is 5.92 Å². The van der Waals surface area contributed by atoms with Gasteiger partial charge in [-0.2, -0.15) is 0 Å². The van der Waals surface area contributed by atoms with Crippen molar-refractivity contribution in [3.8, 4) is 0 Å². The van der Waals surface area contributed by atoms with Crippen LogP contribution in [0.3, 0.4) is 0 Å². The van der Waals surface area contributed by atoms with E-state index in [1.807, 2.05) is 0 Å². The Labute approximate surface area is 100.0 Å². The lowest BCUT2D eigenvalue weighted by Crippen LogP contribution is -2.54. The van der Waals surface area contributed by atoms with Crippen molar-refractivity contribution in [2.75, 3.05) is 39.3 Å². The maximum absolute atomic E-state index is 6.22. The predicted octanol–water partition coefficient (Wildman–Crippen LogP) is 1.14. The first kappa shape index (κ1) is 12.3. The largest absolute Gasteiger partial charge is 0.324 e. The molecular weight excluding hydrogens is 198 g/mol. The Bertz CT molecular complexity index is 215. The Balaban J connectivity index is 1.67. The highest BCUT2D eigenvalue weighted by Gasteiger charge is 2.28. The van der Waals surface area contributed by atoms with Gasteiger partial charge in [0.05, 0.1) is 0 Å². The van der Waals surface area contributed by atoms with Crippen LogP contribution in [-0.4, -0.2) is 54.6 Å². The molecule has 1 aliphatic heterocycles. The molecule has 1 heterocycles. The van der Waals surface area contributed by atoms with Crippen LogP contribution < -0.4 is 5.73 Å². The second kappa shape index (κ2) is 5.03. The van der Waals surface area contributed by atoms with Crippen LogP contribution in [0.5, 0.6) is 0 Å². The monoisotopic (exact) mass is 225 g/mol. The summed E-state index contributed by atoms with van der Waals surface area (Å²) in [5, 5.41) is 0. The summed E-state index contributed by atoms with van der Waals surface area (Å²) in [5.41, 5.74) is 6.22. The summed E-state index contributed by atoms with van der Waals surface area (Å²) in [7, 11) is 0. The maximum atomic E-state index is 6.22. The fraction of sp³-hybridized carbons (Fsp3) is 1.00. The van der Waals surface area contributed by atoms with Crippen LogP contribution in [-0.2, 0) is 0 Å². The van der Waals surface area contributed by atoms with Crippen molar-refractivity contribution < 1.29 is 0 Å². The molecule has 1 saturated heterocycles. The number of rotatable bonds is 5. The summed E-state index contributed by atoms with van der Waals surface area (Å²) in [6.45, 7) is 11.7. The molecule has 2 rings (SSSR count). The fourth-order valence-corrected chi connectivity index (χ4v) is 2.42. The zero-order valence-electron chi connectivity index (χ0n) is 10.9. The van der Waals surface area contributed by atoms with E-state index in [9.17, 15) is 0 Å². The second-order valence-corrected chi connectivity index (χ2v) is 6.03. The van der Waals surface area contributed by atoms with Crippen LogP contribution in [0.2, 0.25) is 0 Å². The van der Waals surface area contributed by atoms with E-state index < -0.39 is 0 Å². The molecule has 1 aliphatic carbocycles. The average Bonchev–Trinajstić information content (AvgIpc) is 3.05. The minimum absolute atomic E-state index is 0.00133. The summed E-state index contributed by atoms with van der Waals surface area (Å²) >= 11 is 0. The number of piperazine rings is 1. The molecule has 3 nitrogen and oxygen atoms in total. The molecule has 16 heavy (non-hydrogen) atoms. The first-order valence-corrected chi connectivity index (χ1v) is 6.83. The molecule has 2 aliphatic rings. The number of hydrogen-bond donors (Lipinski definition) is 1. The number of hydrogen-bond acceptors (Lipinski definition) is 3. The van der Waals surface area contributed by atoms with Crippen molar-refractivity contribution in [2.45, 2.75) is 38.6 Å². The van der Waals surface area contributed by atoms with Gasteiger partial charge in [0.2, 0.25) is 0 Å². The van der Waals surface area contributed by atoms with Crippen LogP contribution in [0.1, 0.15) is 33.1 Å². The van der Waals surface area contributed by atoms with Crippen molar-refractivity contribution in [3.63, 3.8) is 0 Å². The molecule has 0 radical (unpaired) electrons. The third-order valence-corrected chi connectivity index (χ3v) is 4.07. The summed E-state index contributed by atoms with van der Waals surface area (Å²) in [5.74, 6) is 1.03. The third-order valence-electron chi connectivity index (χ3n) is 4.07. The average molecular weight is 225 g/mol. The van der Waals surface area contributed by atoms with Gasteiger partial charge in [0.1, 0.15) is 0 Å². The molecule has 1 saturated carbocycles. The van der Waals surface area contributed by atoms with Gasteiger partial charge >= 0.3 is 0 Å². The van der Waals surface area contributed by atoms with Gasteiger partial charge in [-0.1, -0.05) is 6.92 Å². The Morgan fingerprint density at radius 1 is 1.12 bits per heavy atom. The van der Waals surface area contributed by atoms with Gasteiger partial charge < -0.3 is 10.6 Å². The Morgan fingerprint density at radius 3 is 2.19 bits per heavy atom. The van der Waals surface area contributed by atoms with Gasteiger partial charge in [-0.05, 0) is 32.1 Å². The zero-order chi connectivity index (χ0) is 11.6. The molecule has 1 unspecified atom stereocenters. The fourth-order valence-electron chi connectivity index (χ4n) is 2.42. The van der Waals surface area contributed by atoms with Crippen molar-refractivity contribution >= 4 is 0 Å². The lowest BCUT2D eigenvalue weighted by molar-refractivity contribution is 0.109. The van der Waals surface area contributed by atoms with E-state index in [2.05, 4.69) is 23.6 Å². The SMILES string of the molecule is CCC(C)(N)CN1CCN(CC2CC2)CC1. The maximum Gasteiger partial charge on any atom is 0.0252 e. The summed E-state index contributed by atoms with van der Waals surface area (Å²) in [4.78, 5) is 5.17. The highest BCUT2D eigenvalue weighted by atomic mass is 15.3. The molecular formula is C13H27N3. The highest BCUT2D eigenvalue weighted by Crippen LogP contribution is 2.29. The van der Waals surface area contributed by atoms with Gasteiger partial charge in [0, 0.05) is 44.8 Å². The van der Waals surface area contributed by atoms with Gasteiger partial charge in [-0.15, -0.1) is 0 Å². The highest BCUT2D eigenvalue weighted by molar-refractivity contribution is 4.85. The Kier molecular flexibility index (Phi) is 3.88.